The van der Waals surface area contributed by atoms with Gasteiger partial charge in [-0.2, -0.15) is 5.10 Å². The van der Waals surface area contributed by atoms with Crippen LogP contribution in [0.5, 0.6) is 0 Å². The molecule has 2 heterocycles. The van der Waals surface area contributed by atoms with Gasteiger partial charge >= 0.3 is 0 Å². The highest BCUT2D eigenvalue weighted by atomic mass is 32.2. The van der Waals surface area contributed by atoms with Gasteiger partial charge in [-0.15, -0.1) is 11.8 Å². The molecule has 6 nitrogen and oxygen atoms in total. The highest BCUT2D eigenvalue weighted by Crippen LogP contribution is 2.20. The fraction of sp³-hybridized carbons (Fsp3) is 0.158. The molecule has 3 rings (SSSR count). The average Bonchev–Trinajstić information content (AvgIpc) is 2.69. The van der Waals surface area contributed by atoms with Crippen LogP contribution in [0.15, 0.2) is 70.6 Å². The molecule has 0 aliphatic heterocycles. The van der Waals surface area contributed by atoms with E-state index in [0.29, 0.717) is 12.2 Å². The van der Waals surface area contributed by atoms with Gasteiger partial charge in [-0.25, -0.2) is 4.68 Å². The number of hydrogen-bond donors (Lipinski definition) is 1. The van der Waals surface area contributed by atoms with Gasteiger partial charge in [-0.3, -0.25) is 14.6 Å². The first-order chi connectivity index (χ1) is 12.7. The molecule has 2 aromatic heterocycles. The molecule has 26 heavy (non-hydrogen) atoms. The van der Waals surface area contributed by atoms with Crippen molar-refractivity contribution in [2.75, 3.05) is 6.26 Å². The molecule has 7 heteroatoms. The minimum atomic E-state index is -0.312. The number of pyridine rings is 1. The second-order valence-corrected chi connectivity index (χ2v) is 6.45. The zero-order valence-electron chi connectivity index (χ0n) is 14.3. The van der Waals surface area contributed by atoms with E-state index in [2.05, 4.69) is 15.4 Å². The molecular weight excluding hydrogens is 348 g/mol. The van der Waals surface area contributed by atoms with Crippen molar-refractivity contribution in [3.63, 3.8) is 0 Å². The molecule has 0 unspecified atom stereocenters. The summed E-state index contributed by atoms with van der Waals surface area (Å²) in [4.78, 5) is 29.2. The molecule has 1 amide bonds. The van der Waals surface area contributed by atoms with Crippen LogP contribution in [0.25, 0.3) is 11.3 Å². The van der Waals surface area contributed by atoms with Crippen LogP contribution < -0.4 is 10.9 Å². The molecular formula is C19H18N4O2S. The van der Waals surface area contributed by atoms with Gasteiger partial charge in [0.05, 0.1) is 5.69 Å². The van der Waals surface area contributed by atoms with Crippen LogP contribution in [-0.4, -0.2) is 26.9 Å². The number of thioether (sulfide) groups is 1. The van der Waals surface area contributed by atoms with Gasteiger partial charge in [0.1, 0.15) is 6.54 Å². The van der Waals surface area contributed by atoms with Crippen LogP contribution >= 0.6 is 11.8 Å². The predicted octanol–water partition coefficient (Wildman–Crippen LogP) is 2.34. The summed E-state index contributed by atoms with van der Waals surface area (Å²) in [5, 5.41) is 7.10. The quantitative estimate of drug-likeness (QED) is 0.678. The van der Waals surface area contributed by atoms with Gasteiger partial charge in [0.2, 0.25) is 5.91 Å². The average molecular weight is 366 g/mol. The number of aromatic nitrogens is 3. The molecule has 0 atom stereocenters. The zero-order valence-corrected chi connectivity index (χ0v) is 15.1. The fourth-order valence-electron chi connectivity index (χ4n) is 2.37. The monoisotopic (exact) mass is 366 g/mol. The van der Waals surface area contributed by atoms with Gasteiger partial charge in [0.15, 0.2) is 0 Å². The Balaban J connectivity index is 1.71. The maximum Gasteiger partial charge on any atom is 0.267 e. The number of carbonyl (C=O) groups excluding carboxylic acids is 1. The Morgan fingerprint density at radius 2 is 1.81 bits per heavy atom. The van der Waals surface area contributed by atoms with Gasteiger partial charge in [-0.05, 0) is 42.2 Å². The zero-order chi connectivity index (χ0) is 18.4. The Morgan fingerprint density at radius 3 is 2.50 bits per heavy atom. The lowest BCUT2D eigenvalue weighted by atomic mass is 10.1. The highest BCUT2D eigenvalue weighted by Gasteiger charge is 2.08. The molecule has 0 saturated carbocycles. The van der Waals surface area contributed by atoms with Gasteiger partial charge < -0.3 is 5.32 Å². The molecule has 0 fully saturated rings. The standard InChI is InChI=1S/C19H18N4O2S/c1-26-16-4-2-15(3-5-16)17-6-7-19(25)23(22-17)13-18(24)21-12-14-8-10-20-11-9-14/h2-11H,12-13H2,1H3,(H,21,24). The lowest BCUT2D eigenvalue weighted by Gasteiger charge is -2.08. The van der Waals surface area contributed by atoms with Crippen LogP contribution in [0.1, 0.15) is 5.56 Å². The summed E-state index contributed by atoms with van der Waals surface area (Å²) < 4.78 is 1.18. The van der Waals surface area contributed by atoms with Crippen molar-refractivity contribution >= 4 is 17.7 Å². The lowest BCUT2D eigenvalue weighted by molar-refractivity contribution is -0.122. The van der Waals surface area contributed by atoms with Gasteiger partial charge in [0.25, 0.3) is 5.56 Å². The van der Waals surface area contributed by atoms with Crippen molar-refractivity contribution in [2.45, 2.75) is 18.0 Å². The number of nitrogens with zero attached hydrogens (tertiary/aromatic N) is 3. The Kier molecular flexibility index (Phi) is 5.80. The largest absolute Gasteiger partial charge is 0.350 e. The van der Waals surface area contributed by atoms with E-state index in [0.717, 1.165) is 16.0 Å². The van der Waals surface area contributed by atoms with Gasteiger partial charge in [-0.1, -0.05) is 12.1 Å². The highest BCUT2D eigenvalue weighted by molar-refractivity contribution is 7.98. The maximum atomic E-state index is 12.1. The van der Waals surface area contributed by atoms with E-state index in [4.69, 9.17) is 0 Å². The van der Waals surface area contributed by atoms with E-state index in [1.807, 2.05) is 42.7 Å². The number of rotatable bonds is 6. The van der Waals surface area contributed by atoms with Crippen molar-refractivity contribution in [1.29, 1.82) is 0 Å². The van der Waals surface area contributed by atoms with Crippen LogP contribution in [-0.2, 0) is 17.9 Å². The summed E-state index contributed by atoms with van der Waals surface area (Å²) in [5.41, 5.74) is 2.18. The summed E-state index contributed by atoms with van der Waals surface area (Å²) in [6.45, 7) is 0.257. The molecule has 0 aliphatic carbocycles. The minimum absolute atomic E-state index is 0.124. The number of benzene rings is 1. The third kappa shape index (κ3) is 4.58. The Morgan fingerprint density at radius 1 is 1.08 bits per heavy atom. The molecule has 1 N–H and O–H groups in total. The molecule has 0 aliphatic rings. The molecule has 132 valence electrons. The number of carbonyl (C=O) groups is 1. The summed E-state index contributed by atoms with van der Waals surface area (Å²) in [6.07, 6.45) is 5.34. The third-order valence-corrected chi connectivity index (χ3v) is 4.53. The molecule has 0 bridgehead atoms. The maximum absolute atomic E-state index is 12.1. The van der Waals surface area contributed by atoms with Crippen molar-refractivity contribution in [3.8, 4) is 11.3 Å². The SMILES string of the molecule is CSc1ccc(-c2ccc(=O)n(CC(=O)NCc3ccncc3)n2)cc1. The summed E-state index contributed by atoms with van der Waals surface area (Å²) in [5.74, 6) is -0.272. The second kappa shape index (κ2) is 8.44. The van der Waals surface area contributed by atoms with Crippen molar-refractivity contribution in [3.05, 3.63) is 76.8 Å². The second-order valence-electron chi connectivity index (χ2n) is 5.58. The number of amides is 1. The summed E-state index contributed by atoms with van der Waals surface area (Å²) in [6, 6.07) is 14.6. The van der Waals surface area contributed by atoms with E-state index in [1.54, 1.807) is 30.2 Å². The van der Waals surface area contributed by atoms with Crippen LogP contribution in [0.3, 0.4) is 0 Å². The molecule has 1 aromatic carbocycles. The molecule has 0 spiro atoms. The topological polar surface area (TPSA) is 76.9 Å². The third-order valence-electron chi connectivity index (χ3n) is 3.78. The summed E-state index contributed by atoms with van der Waals surface area (Å²) >= 11 is 1.66. The lowest BCUT2D eigenvalue weighted by Crippen LogP contribution is -2.33. The number of hydrogen-bond acceptors (Lipinski definition) is 5. The smallest absolute Gasteiger partial charge is 0.267 e. The van der Waals surface area contributed by atoms with Crippen LogP contribution in [0.2, 0.25) is 0 Å². The van der Waals surface area contributed by atoms with E-state index in [9.17, 15) is 9.59 Å². The van der Waals surface area contributed by atoms with Gasteiger partial charge in [0, 0.05) is 35.5 Å². The molecule has 3 aromatic rings. The number of nitrogens with one attached hydrogen (secondary N) is 1. The molecule has 0 saturated heterocycles. The van der Waals surface area contributed by atoms with Crippen LogP contribution in [0.4, 0.5) is 0 Å². The summed E-state index contributed by atoms with van der Waals surface area (Å²) in [7, 11) is 0. The van der Waals surface area contributed by atoms with Crippen molar-refractivity contribution in [2.24, 2.45) is 0 Å². The predicted molar refractivity (Wildman–Crippen MR) is 102 cm³/mol. The van der Waals surface area contributed by atoms with E-state index in [1.165, 1.54) is 10.7 Å². The van der Waals surface area contributed by atoms with Crippen molar-refractivity contribution < 1.29 is 4.79 Å². The fourth-order valence-corrected chi connectivity index (χ4v) is 2.78. The first-order valence-electron chi connectivity index (χ1n) is 8.04. The molecule has 0 radical (unpaired) electrons. The van der Waals surface area contributed by atoms with Crippen LogP contribution in [0, 0.1) is 0 Å². The minimum Gasteiger partial charge on any atom is -0.350 e. The Hall–Kier alpha value is -2.93. The normalized spacial score (nSPS) is 10.5. The van der Waals surface area contributed by atoms with E-state index >= 15 is 0 Å². The first-order valence-corrected chi connectivity index (χ1v) is 9.26. The Labute approximate surface area is 155 Å². The Bertz CT molecular complexity index is 940. The first kappa shape index (κ1) is 17.9. The van der Waals surface area contributed by atoms with Crippen molar-refractivity contribution in [1.82, 2.24) is 20.1 Å². The van der Waals surface area contributed by atoms with E-state index in [-0.39, 0.29) is 18.0 Å². The van der Waals surface area contributed by atoms with E-state index < -0.39 is 0 Å².